The number of carbonyl (C=O) groups is 1. The molecule has 2 unspecified atom stereocenters. The molecule has 0 spiro atoms. The molecule has 5 rings (SSSR count). The summed E-state index contributed by atoms with van der Waals surface area (Å²) >= 11 is 0. The summed E-state index contributed by atoms with van der Waals surface area (Å²) in [6.45, 7) is 0.502. The molecule has 0 aliphatic carbocycles. The van der Waals surface area contributed by atoms with E-state index in [4.69, 9.17) is 9.73 Å². The van der Waals surface area contributed by atoms with E-state index in [1.807, 2.05) is 109 Å². The Balaban J connectivity index is 1.80. The highest BCUT2D eigenvalue weighted by molar-refractivity contribution is 6.05. The van der Waals surface area contributed by atoms with Crippen molar-refractivity contribution in [2.75, 3.05) is 7.11 Å². The Hall–Kier alpha value is -4.18. The molecule has 168 valence electrons. The zero-order chi connectivity index (χ0) is 23.4. The van der Waals surface area contributed by atoms with Crippen molar-refractivity contribution < 1.29 is 9.53 Å². The topological polar surface area (TPSA) is 41.9 Å². The largest absolute Gasteiger partial charge is 0.467 e. The number of ether oxygens (including phenoxy) is 1. The summed E-state index contributed by atoms with van der Waals surface area (Å²) in [5.74, 6) is 0.436. The summed E-state index contributed by atoms with van der Waals surface area (Å²) in [4.78, 5) is 21.3. The van der Waals surface area contributed by atoms with E-state index < -0.39 is 11.6 Å². The fourth-order valence-electron chi connectivity index (χ4n) is 4.84. The maximum atomic E-state index is 14.0. The molecule has 1 aliphatic rings. The van der Waals surface area contributed by atoms with Crippen molar-refractivity contribution >= 4 is 11.8 Å². The lowest BCUT2D eigenvalue weighted by atomic mass is 9.78. The van der Waals surface area contributed by atoms with Gasteiger partial charge in [-0.1, -0.05) is 121 Å². The highest BCUT2D eigenvalue weighted by Crippen LogP contribution is 2.50. The van der Waals surface area contributed by atoms with Crippen LogP contribution < -0.4 is 0 Å². The molecule has 0 N–H and O–H groups in total. The lowest BCUT2D eigenvalue weighted by molar-refractivity contribution is -0.154. The van der Waals surface area contributed by atoms with Gasteiger partial charge in [-0.05, 0) is 16.7 Å². The summed E-state index contributed by atoms with van der Waals surface area (Å²) in [6.07, 6.45) is 0. The molecule has 2 atom stereocenters. The van der Waals surface area contributed by atoms with Crippen LogP contribution in [0.3, 0.4) is 0 Å². The van der Waals surface area contributed by atoms with Crippen molar-refractivity contribution in [1.29, 1.82) is 0 Å². The van der Waals surface area contributed by atoms with Crippen molar-refractivity contribution in [3.05, 3.63) is 144 Å². The number of hydrogen-bond acceptors (Lipinski definition) is 4. The van der Waals surface area contributed by atoms with E-state index in [-0.39, 0.29) is 5.97 Å². The number of benzene rings is 4. The van der Waals surface area contributed by atoms with Gasteiger partial charge in [0.2, 0.25) is 0 Å². The molecule has 4 aromatic rings. The Labute approximate surface area is 200 Å². The smallest absolute Gasteiger partial charge is 0.339 e. The van der Waals surface area contributed by atoms with Crippen LogP contribution in [0.15, 0.2) is 126 Å². The molecule has 4 aromatic carbocycles. The molecule has 0 amide bonds. The van der Waals surface area contributed by atoms with Crippen LogP contribution in [0.4, 0.5) is 0 Å². The normalized spacial score (nSPS) is 19.5. The molecule has 4 heteroatoms. The van der Waals surface area contributed by atoms with Gasteiger partial charge in [-0.2, -0.15) is 0 Å². The van der Waals surface area contributed by atoms with Crippen molar-refractivity contribution in [3.8, 4) is 0 Å². The first-order valence-electron chi connectivity index (χ1n) is 11.4. The maximum Gasteiger partial charge on any atom is 0.339 e. The fourth-order valence-corrected chi connectivity index (χ4v) is 4.84. The Kier molecular flexibility index (Phi) is 5.96. The molecular weight excluding hydrogens is 420 g/mol. The molecule has 0 fully saturated rings. The van der Waals surface area contributed by atoms with Crippen LogP contribution in [-0.4, -0.2) is 23.8 Å². The Bertz CT molecular complexity index is 1270. The molecule has 34 heavy (non-hydrogen) atoms. The quantitative estimate of drug-likeness (QED) is 0.354. The van der Waals surface area contributed by atoms with Gasteiger partial charge in [0.25, 0.3) is 0 Å². The van der Waals surface area contributed by atoms with Gasteiger partial charge in [0.15, 0.2) is 5.54 Å². The van der Waals surface area contributed by atoms with Crippen LogP contribution in [0.1, 0.15) is 28.3 Å². The molecule has 1 aliphatic heterocycles. The van der Waals surface area contributed by atoms with Gasteiger partial charge in [-0.3, -0.25) is 4.99 Å². The van der Waals surface area contributed by atoms with Crippen molar-refractivity contribution in [1.82, 2.24) is 4.90 Å². The van der Waals surface area contributed by atoms with Crippen LogP contribution in [-0.2, 0) is 21.6 Å². The minimum Gasteiger partial charge on any atom is -0.467 e. The molecule has 0 saturated heterocycles. The van der Waals surface area contributed by atoms with Crippen LogP contribution in [0.25, 0.3) is 0 Å². The number of amidine groups is 1. The first-order chi connectivity index (χ1) is 16.7. The van der Waals surface area contributed by atoms with Crippen molar-refractivity contribution in [3.63, 3.8) is 0 Å². The van der Waals surface area contributed by atoms with E-state index in [2.05, 4.69) is 17.0 Å². The Morgan fingerprint density at radius 1 is 0.794 bits per heavy atom. The third kappa shape index (κ3) is 3.67. The Morgan fingerprint density at radius 3 is 1.91 bits per heavy atom. The average Bonchev–Trinajstić information content (AvgIpc) is 3.26. The second-order valence-electron chi connectivity index (χ2n) is 8.33. The van der Waals surface area contributed by atoms with Crippen molar-refractivity contribution in [2.45, 2.75) is 18.1 Å². The minimum absolute atomic E-state index is 0.335. The molecule has 0 saturated carbocycles. The fraction of sp³-hybridized carbons (Fsp3) is 0.133. The number of rotatable bonds is 6. The number of aliphatic imine (C=N–C) groups is 1. The second kappa shape index (κ2) is 9.36. The lowest BCUT2D eigenvalue weighted by Crippen LogP contribution is -2.54. The van der Waals surface area contributed by atoms with Crippen LogP contribution >= 0.6 is 0 Å². The summed E-state index contributed by atoms with van der Waals surface area (Å²) in [5, 5.41) is 0. The predicted octanol–water partition coefficient (Wildman–Crippen LogP) is 5.76. The molecular formula is C30H26N2O2. The van der Waals surface area contributed by atoms with Gasteiger partial charge in [0.05, 0.1) is 7.11 Å². The highest BCUT2D eigenvalue weighted by atomic mass is 16.5. The lowest BCUT2D eigenvalue weighted by Gasteiger charge is -2.41. The van der Waals surface area contributed by atoms with Crippen LogP contribution in [0.5, 0.6) is 0 Å². The SMILES string of the molecule is COC(=O)C1(c2ccccc2)C(c2ccccc2)N=C(c2ccccc2)N1Cc1ccccc1. The number of carbonyl (C=O) groups excluding carboxylic acids is 1. The van der Waals surface area contributed by atoms with Gasteiger partial charge in [-0.25, -0.2) is 4.79 Å². The Morgan fingerprint density at radius 2 is 1.32 bits per heavy atom. The van der Waals surface area contributed by atoms with E-state index in [1.165, 1.54) is 7.11 Å². The highest BCUT2D eigenvalue weighted by Gasteiger charge is 2.58. The van der Waals surface area contributed by atoms with Crippen molar-refractivity contribution in [2.24, 2.45) is 4.99 Å². The first-order valence-corrected chi connectivity index (χ1v) is 11.4. The molecule has 0 aromatic heterocycles. The van der Waals surface area contributed by atoms with E-state index in [1.54, 1.807) is 0 Å². The average molecular weight is 447 g/mol. The number of hydrogen-bond donors (Lipinski definition) is 0. The number of methoxy groups -OCH3 is 1. The third-order valence-electron chi connectivity index (χ3n) is 6.37. The van der Waals surface area contributed by atoms with Gasteiger partial charge in [-0.15, -0.1) is 0 Å². The van der Waals surface area contributed by atoms with E-state index in [0.717, 1.165) is 28.1 Å². The summed E-state index contributed by atoms with van der Waals surface area (Å²) in [7, 11) is 1.45. The van der Waals surface area contributed by atoms with Gasteiger partial charge in [0, 0.05) is 12.1 Å². The second-order valence-corrected chi connectivity index (χ2v) is 8.33. The standard InChI is InChI=1S/C30H26N2O2/c1-34-29(33)30(26-20-12-5-13-21-26)27(24-16-8-3-9-17-24)31-28(25-18-10-4-11-19-25)32(30)22-23-14-6-2-7-15-23/h2-21,27H,22H2,1H3. The zero-order valence-corrected chi connectivity index (χ0v) is 19.0. The van der Waals surface area contributed by atoms with Crippen LogP contribution in [0, 0.1) is 0 Å². The minimum atomic E-state index is -1.17. The number of esters is 1. The van der Waals surface area contributed by atoms with Crippen LogP contribution in [0.2, 0.25) is 0 Å². The van der Waals surface area contributed by atoms with E-state index in [9.17, 15) is 4.79 Å². The first kappa shape index (κ1) is 21.7. The van der Waals surface area contributed by atoms with E-state index in [0.29, 0.717) is 6.54 Å². The maximum absolute atomic E-state index is 14.0. The van der Waals surface area contributed by atoms with Gasteiger partial charge < -0.3 is 9.64 Å². The summed E-state index contributed by atoms with van der Waals surface area (Å²) in [5.41, 5.74) is 2.69. The molecule has 0 radical (unpaired) electrons. The third-order valence-corrected chi connectivity index (χ3v) is 6.37. The molecule has 0 bridgehead atoms. The summed E-state index contributed by atoms with van der Waals surface area (Å²) < 4.78 is 5.54. The molecule has 4 nitrogen and oxygen atoms in total. The zero-order valence-electron chi connectivity index (χ0n) is 19.0. The van der Waals surface area contributed by atoms with Gasteiger partial charge in [0.1, 0.15) is 11.9 Å². The predicted molar refractivity (Wildman–Crippen MR) is 134 cm³/mol. The molecule has 1 heterocycles. The summed E-state index contributed by atoms with van der Waals surface area (Å²) in [6, 6.07) is 39.6. The number of nitrogens with zero attached hydrogens (tertiary/aromatic N) is 2. The van der Waals surface area contributed by atoms with Gasteiger partial charge >= 0.3 is 5.97 Å². The van der Waals surface area contributed by atoms with E-state index >= 15 is 0 Å². The monoisotopic (exact) mass is 446 g/mol.